The second kappa shape index (κ2) is 9.80. The molecule has 1 atom stereocenters. The second-order valence-corrected chi connectivity index (χ2v) is 9.59. The minimum absolute atomic E-state index is 0.0625. The molecule has 0 aliphatic carbocycles. The van der Waals surface area contributed by atoms with Gasteiger partial charge in [-0.25, -0.2) is 8.42 Å². The topological polar surface area (TPSA) is 111 Å². The Labute approximate surface area is 193 Å². The Morgan fingerprint density at radius 3 is 2.36 bits per heavy atom. The van der Waals surface area contributed by atoms with Crippen LogP contribution in [0.1, 0.15) is 36.1 Å². The lowest BCUT2D eigenvalue weighted by atomic mass is 9.91. The van der Waals surface area contributed by atoms with Crippen LogP contribution in [0.5, 0.6) is 11.5 Å². The number of anilines is 1. The molecule has 0 aromatic heterocycles. The lowest BCUT2D eigenvalue weighted by molar-refractivity contribution is -0.141. The molecule has 0 saturated carbocycles. The van der Waals surface area contributed by atoms with Gasteiger partial charge in [0.1, 0.15) is 0 Å². The molecule has 1 heterocycles. The van der Waals surface area contributed by atoms with Gasteiger partial charge in [-0.05, 0) is 54.3 Å². The third-order valence-corrected chi connectivity index (χ3v) is 7.69. The fourth-order valence-corrected chi connectivity index (χ4v) is 5.89. The van der Waals surface area contributed by atoms with Crippen LogP contribution in [0, 0.1) is 6.92 Å². The Hall–Kier alpha value is -3.11. The third kappa shape index (κ3) is 4.96. The predicted molar refractivity (Wildman–Crippen MR) is 122 cm³/mol. The molecule has 2 aromatic rings. The number of aryl methyl sites for hydroxylation is 1. The Balaban J connectivity index is 2.13. The first-order valence-electron chi connectivity index (χ1n) is 10.3. The Kier molecular flexibility index (Phi) is 7.28. The molecule has 1 unspecified atom stereocenters. The zero-order valence-electron chi connectivity index (χ0n) is 19.3. The molecule has 9 nitrogen and oxygen atoms in total. The molecule has 3 rings (SSSR count). The fourth-order valence-electron chi connectivity index (χ4n) is 4.03. The molecule has 0 spiro atoms. The number of sulfonamides is 1. The van der Waals surface area contributed by atoms with E-state index in [1.54, 1.807) is 25.1 Å². The van der Waals surface area contributed by atoms with Gasteiger partial charge in [0, 0.05) is 19.2 Å². The van der Waals surface area contributed by atoms with E-state index in [-0.39, 0.29) is 23.8 Å². The summed E-state index contributed by atoms with van der Waals surface area (Å²) < 4.78 is 44.6. The number of esters is 1. The van der Waals surface area contributed by atoms with Crippen molar-refractivity contribution in [3.8, 4) is 11.5 Å². The van der Waals surface area contributed by atoms with Crippen LogP contribution in [-0.2, 0) is 30.8 Å². The van der Waals surface area contributed by atoms with Crippen molar-refractivity contribution in [2.75, 3.05) is 33.2 Å². The van der Waals surface area contributed by atoms with E-state index in [4.69, 9.17) is 14.2 Å². The average Bonchev–Trinajstić information content (AvgIpc) is 2.78. The molecule has 10 heteroatoms. The van der Waals surface area contributed by atoms with Gasteiger partial charge in [0.2, 0.25) is 15.9 Å². The minimum atomic E-state index is -4.03. The van der Waals surface area contributed by atoms with Crippen molar-refractivity contribution in [3.05, 3.63) is 47.0 Å². The van der Waals surface area contributed by atoms with E-state index in [1.807, 2.05) is 6.07 Å². The summed E-state index contributed by atoms with van der Waals surface area (Å²) in [5.74, 6) is 0.127. The molecule has 0 radical (unpaired) electrons. The maximum absolute atomic E-state index is 13.8. The smallest absolute Gasteiger partial charge is 0.307 e. The Morgan fingerprint density at radius 1 is 1.09 bits per heavy atom. The van der Waals surface area contributed by atoms with E-state index < -0.39 is 22.0 Å². The van der Waals surface area contributed by atoms with Crippen molar-refractivity contribution < 1.29 is 32.2 Å². The van der Waals surface area contributed by atoms with E-state index in [0.717, 1.165) is 5.56 Å². The first kappa shape index (κ1) is 24.5. The Bertz CT molecular complexity index is 1180. The second-order valence-electron chi connectivity index (χ2n) is 7.73. The molecule has 2 aromatic carbocycles. The van der Waals surface area contributed by atoms with Gasteiger partial charge in [-0.15, -0.1) is 0 Å². The molecular weight excluding hydrogens is 448 g/mol. The summed E-state index contributed by atoms with van der Waals surface area (Å²) in [7, 11) is 0.257. The molecule has 1 amide bonds. The standard InChI is InChI=1S/C23H28N2O7S/c1-14-6-7-17(24-15(2)26)11-22(14)33(28,29)25-9-8-16-10-20(30-3)21(31-4)12-18(16)19(25)13-23(27)32-5/h6-7,10-12,19H,8-9,13H2,1-5H3,(H,24,26). The van der Waals surface area contributed by atoms with Gasteiger partial charge in [0.15, 0.2) is 11.5 Å². The van der Waals surface area contributed by atoms with Crippen LogP contribution >= 0.6 is 0 Å². The molecule has 0 saturated heterocycles. The summed E-state index contributed by atoms with van der Waals surface area (Å²) in [6, 6.07) is 7.44. The average molecular weight is 477 g/mol. The number of hydrogen-bond donors (Lipinski definition) is 1. The fraction of sp³-hybridized carbons (Fsp3) is 0.391. The van der Waals surface area contributed by atoms with Crippen LogP contribution in [0.3, 0.4) is 0 Å². The summed E-state index contributed by atoms with van der Waals surface area (Å²) in [5.41, 5.74) is 2.43. The highest BCUT2D eigenvalue weighted by Gasteiger charge is 2.39. The predicted octanol–water partition coefficient (Wildman–Crippen LogP) is 2.82. The lowest BCUT2D eigenvalue weighted by Crippen LogP contribution is -2.41. The van der Waals surface area contributed by atoms with Crippen LogP contribution in [0.15, 0.2) is 35.2 Å². The van der Waals surface area contributed by atoms with E-state index in [9.17, 15) is 18.0 Å². The number of carbonyl (C=O) groups excluding carboxylic acids is 2. The van der Waals surface area contributed by atoms with Crippen molar-refractivity contribution in [1.29, 1.82) is 0 Å². The van der Waals surface area contributed by atoms with Gasteiger partial charge in [-0.2, -0.15) is 4.31 Å². The molecule has 33 heavy (non-hydrogen) atoms. The quantitative estimate of drug-likeness (QED) is 0.612. The molecule has 178 valence electrons. The van der Waals surface area contributed by atoms with Gasteiger partial charge in [0.25, 0.3) is 0 Å². The van der Waals surface area contributed by atoms with Crippen LogP contribution in [0.4, 0.5) is 5.69 Å². The van der Waals surface area contributed by atoms with E-state index in [0.29, 0.717) is 34.7 Å². The van der Waals surface area contributed by atoms with Gasteiger partial charge < -0.3 is 19.5 Å². The van der Waals surface area contributed by atoms with Gasteiger partial charge in [-0.3, -0.25) is 9.59 Å². The van der Waals surface area contributed by atoms with Gasteiger partial charge in [-0.1, -0.05) is 6.07 Å². The highest BCUT2D eigenvalue weighted by atomic mass is 32.2. The highest BCUT2D eigenvalue weighted by Crippen LogP contribution is 2.42. The summed E-state index contributed by atoms with van der Waals surface area (Å²) in [5, 5.41) is 2.62. The van der Waals surface area contributed by atoms with Crippen LogP contribution < -0.4 is 14.8 Å². The van der Waals surface area contributed by atoms with E-state index >= 15 is 0 Å². The number of hydrogen-bond acceptors (Lipinski definition) is 7. The number of rotatable bonds is 7. The number of methoxy groups -OCH3 is 3. The number of nitrogens with zero attached hydrogens (tertiary/aromatic N) is 1. The SMILES string of the molecule is COC(=O)CC1c2cc(OC)c(OC)cc2CCN1S(=O)(=O)c1cc(NC(C)=O)ccc1C. The molecular formula is C23H28N2O7S. The molecule has 1 aliphatic rings. The minimum Gasteiger partial charge on any atom is -0.493 e. The number of fused-ring (bicyclic) bond motifs is 1. The monoisotopic (exact) mass is 476 g/mol. The first-order valence-corrected chi connectivity index (χ1v) is 11.8. The lowest BCUT2D eigenvalue weighted by Gasteiger charge is -2.36. The zero-order chi connectivity index (χ0) is 24.3. The maximum atomic E-state index is 13.8. The Morgan fingerprint density at radius 2 is 1.76 bits per heavy atom. The van der Waals surface area contributed by atoms with Crippen LogP contribution in [-0.4, -0.2) is 52.5 Å². The van der Waals surface area contributed by atoms with Crippen LogP contribution in [0.2, 0.25) is 0 Å². The first-order chi connectivity index (χ1) is 15.6. The summed E-state index contributed by atoms with van der Waals surface area (Å²) in [6.07, 6.45) is 0.264. The van der Waals surface area contributed by atoms with Crippen molar-refractivity contribution in [1.82, 2.24) is 4.31 Å². The summed E-state index contributed by atoms with van der Waals surface area (Å²) in [4.78, 5) is 23.8. The number of nitrogens with one attached hydrogen (secondary N) is 1. The van der Waals surface area contributed by atoms with Crippen molar-refractivity contribution in [3.63, 3.8) is 0 Å². The molecule has 1 N–H and O–H groups in total. The zero-order valence-corrected chi connectivity index (χ0v) is 20.1. The van der Waals surface area contributed by atoms with E-state index in [1.165, 1.54) is 38.6 Å². The van der Waals surface area contributed by atoms with E-state index in [2.05, 4.69) is 5.32 Å². The molecule has 0 bridgehead atoms. The normalized spacial score (nSPS) is 16.0. The number of ether oxygens (including phenoxy) is 3. The molecule has 0 fully saturated rings. The van der Waals surface area contributed by atoms with Gasteiger partial charge >= 0.3 is 5.97 Å². The number of benzene rings is 2. The number of carbonyl (C=O) groups is 2. The summed E-state index contributed by atoms with van der Waals surface area (Å²) >= 11 is 0. The highest BCUT2D eigenvalue weighted by molar-refractivity contribution is 7.89. The molecule has 1 aliphatic heterocycles. The van der Waals surface area contributed by atoms with Crippen molar-refractivity contribution in [2.45, 2.75) is 37.6 Å². The number of amides is 1. The van der Waals surface area contributed by atoms with Crippen LogP contribution in [0.25, 0.3) is 0 Å². The summed E-state index contributed by atoms with van der Waals surface area (Å²) in [6.45, 7) is 3.20. The van der Waals surface area contributed by atoms with Crippen molar-refractivity contribution in [2.24, 2.45) is 0 Å². The van der Waals surface area contributed by atoms with Gasteiger partial charge in [0.05, 0.1) is 38.7 Å². The maximum Gasteiger partial charge on any atom is 0.307 e. The third-order valence-electron chi connectivity index (χ3n) is 5.64. The largest absolute Gasteiger partial charge is 0.493 e. The van der Waals surface area contributed by atoms with Crippen molar-refractivity contribution >= 4 is 27.6 Å².